The topological polar surface area (TPSA) is 107 Å². The highest BCUT2D eigenvalue weighted by Crippen LogP contribution is 2.25. The smallest absolute Gasteiger partial charge is 0.189 e. The summed E-state index contributed by atoms with van der Waals surface area (Å²) in [5, 5.41) is 3.14. The predicted octanol–water partition coefficient (Wildman–Crippen LogP) is 3.37. The SMILES string of the molecule is CNCCc1ccc(-c2cnc(N)c(C(=O)Cc3cnccc3-c3cccnc3)n2)cc1. The average molecular weight is 425 g/mol. The summed E-state index contributed by atoms with van der Waals surface area (Å²) >= 11 is 0. The van der Waals surface area contributed by atoms with Crippen LogP contribution in [0.5, 0.6) is 0 Å². The van der Waals surface area contributed by atoms with E-state index in [-0.39, 0.29) is 23.7 Å². The molecule has 0 aliphatic carbocycles. The molecule has 1 aromatic carbocycles. The molecule has 4 aromatic rings. The van der Waals surface area contributed by atoms with Gasteiger partial charge in [-0.15, -0.1) is 0 Å². The molecule has 7 heteroatoms. The molecule has 160 valence electrons. The molecule has 0 atom stereocenters. The maximum Gasteiger partial charge on any atom is 0.189 e. The molecule has 0 amide bonds. The van der Waals surface area contributed by atoms with Crippen molar-refractivity contribution in [2.24, 2.45) is 0 Å². The number of nitrogens with two attached hydrogens (primary N) is 1. The molecular weight excluding hydrogens is 400 g/mol. The number of likely N-dealkylation sites (N-methyl/N-ethyl adjacent to an activating group) is 1. The highest BCUT2D eigenvalue weighted by atomic mass is 16.1. The van der Waals surface area contributed by atoms with E-state index >= 15 is 0 Å². The van der Waals surface area contributed by atoms with E-state index in [0.29, 0.717) is 5.69 Å². The lowest BCUT2D eigenvalue weighted by Gasteiger charge is -2.10. The fraction of sp³-hybridized carbons (Fsp3) is 0.160. The van der Waals surface area contributed by atoms with Crippen molar-refractivity contribution in [3.05, 3.63) is 90.3 Å². The lowest BCUT2D eigenvalue weighted by molar-refractivity contribution is 0.0989. The van der Waals surface area contributed by atoms with Crippen LogP contribution >= 0.6 is 0 Å². The van der Waals surface area contributed by atoms with Crippen LogP contribution in [0.3, 0.4) is 0 Å². The minimum absolute atomic E-state index is 0.114. The second-order valence-corrected chi connectivity index (χ2v) is 7.41. The van der Waals surface area contributed by atoms with Crippen LogP contribution in [0.15, 0.2) is 73.4 Å². The first-order chi connectivity index (χ1) is 15.7. The van der Waals surface area contributed by atoms with Gasteiger partial charge in [0.25, 0.3) is 0 Å². The molecule has 0 aliphatic heterocycles. The van der Waals surface area contributed by atoms with Gasteiger partial charge >= 0.3 is 0 Å². The Labute approximate surface area is 186 Å². The van der Waals surface area contributed by atoms with E-state index in [9.17, 15) is 4.79 Å². The normalized spacial score (nSPS) is 10.8. The predicted molar refractivity (Wildman–Crippen MR) is 125 cm³/mol. The zero-order chi connectivity index (χ0) is 22.3. The Balaban J connectivity index is 1.59. The number of nitrogen functional groups attached to an aromatic ring is 1. The lowest BCUT2D eigenvalue weighted by Crippen LogP contribution is -2.12. The van der Waals surface area contributed by atoms with Crippen molar-refractivity contribution in [3.8, 4) is 22.4 Å². The van der Waals surface area contributed by atoms with Crippen molar-refractivity contribution in [1.82, 2.24) is 25.3 Å². The number of carbonyl (C=O) groups excluding carboxylic acids is 1. The molecule has 7 nitrogen and oxygen atoms in total. The van der Waals surface area contributed by atoms with Crippen molar-refractivity contribution in [1.29, 1.82) is 0 Å². The molecule has 0 spiro atoms. The van der Waals surface area contributed by atoms with E-state index in [2.05, 4.69) is 37.4 Å². The van der Waals surface area contributed by atoms with Crippen molar-refractivity contribution < 1.29 is 4.79 Å². The number of nitrogens with zero attached hydrogens (tertiary/aromatic N) is 4. The molecule has 4 rings (SSSR count). The number of rotatable bonds is 8. The van der Waals surface area contributed by atoms with Crippen LogP contribution in [-0.2, 0) is 12.8 Å². The highest BCUT2D eigenvalue weighted by Gasteiger charge is 2.17. The van der Waals surface area contributed by atoms with E-state index in [4.69, 9.17) is 5.73 Å². The number of aromatic nitrogens is 4. The molecule has 0 unspecified atom stereocenters. The van der Waals surface area contributed by atoms with E-state index in [1.807, 2.05) is 37.4 Å². The van der Waals surface area contributed by atoms with Gasteiger partial charge in [-0.3, -0.25) is 14.8 Å². The van der Waals surface area contributed by atoms with Crippen molar-refractivity contribution in [3.63, 3.8) is 0 Å². The zero-order valence-corrected chi connectivity index (χ0v) is 17.8. The number of benzene rings is 1. The molecule has 0 bridgehead atoms. The number of pyridine rings is 2. The van der Waals surface area contributed by atoms with Gasteiger partial charge in [-0.05, 0) is 48.8 Å². The fourth-order valence-corrected chi connectivity index (χ4v) is 3.48. The second-order valence-electron chi connectivity index (χ2n) is 7.41. The van der Waals surface area contributed by atoms with Crippen LogP contribution in [0.1, 0.15) is 21.6 Å². The first kappa shape index (κ1) is 21.3. The van der Waals surface area contributed by atoms with Crippen molar-refractivity contribution >= 4 is 11.6 Å². The number of nitrogens with one attached hydrogen (secondary N) is 1. The number of anilines is 1. The molecule has 0 fully saturated rings. The van der Waals surface area contributed by atoms with Gasteiger partial charge in [0.1, 0.15) is 5.69 Å². The minimum Gasteiger partial charge on any atom is -0.382 e. The molecule has 0 radical (unpaired) electrons. The molecule has 3 aromatic heterocycles. The van der Waals surface area contributed by atoms with Gasteiger partial charge in [0, 0.05) is 42.3 Å². The van der Waals surface area contributed by atoms with Crippen LogP contribution in [0, 0.1) is 0 Å². The van der Waals surface area contributed by atoms with Crippen LogP contribution in [0.4, 0.5) is 5.82 Å². The Kier molecular flexibility index (Phi) is 6.57. The zero-order valence-electron chi connectivity index (χ0n) is 17.8. The summed E-state index contributed by atoms with van der Waals surface area (Å²) in [7, 11) is 1.93. The van der Waals surface area contributed by atoms with Gasteiger partial charge in [0.05, 0.1) is 11.9 Å². The summed E-state index contributed by atoms with van der Waals surface area (Å²) in [6, 6.07) is 13.8. The quantitative estimate of drug-likeness (QED) is 0.418. The Hall–Kier alpha value is -3.97. The Morgan fingerprint density at radius 3 is 2.53 bits per heavy atom. The van der Waals surface area contributed by atoms with Gasteiger partial charge in [0.2, 0.25) is 0 Å². The first-order valence-corrected chi connectivity index (χ1v) is 10.4. The van der Waals surface area contributed by atoms with Crippen LogP contribution in [0.2, 0.25) is 0 Å². The minimum atomic E-state index is -0.208. The second kappa shape index (κ2) is 9.89. The van der Waals surface area contributed by atoms with Crippen LogP contribution in [-0.4, -0.2) is 39.3 Å². The summed E-state index contributed by atoms with van der Waals surface area (Å²) in [5.41, 5.74) is 11.5. The van der Waals surface area contributed by atoms with E-state index in [1.165, 1.54) is 5.56 Å². The van der Waals surface area contributed by atoms with E-state index in [1.54, 1.807) is 31.0 Å². The maximum atomic E-state index is 13.1. The number of hydrogen-bond acceptors (Lipinski definition) is 7. The largest absolute Gasteiger partial charge is 0.382 e. The van der Waals surface area contributed by atoms with Crippen LogP contribution < -0.4 is 11.1 Å². The summed E-state index contributed by atoms with van der Waals surface area (Å²) in [6.45, 7) is 0.912. The van der Waals surface area contributed by atoms with Crippen molar-refractivity contribution in [2.75, 3.05) is 19.3 Å². The summed E-state index contributed by atoms with van der Waals surface area (Å²) in [4.78, 5) is 30.3. The number of Topliss-reactive ketones (excluding diaryl/α,β-unsaturated/α-hetero) is 1. The van der Waals surface area contributed by atoms with Gasteiger partial charge in [-0.1, -0.05) is 30.3 Å². The summed E-state index contributed by atoms with van der Waals surface area (Å²) in [6.07, 6.45) is 9.52. The van der Waals surface area contributed by atoms with E-state index in [0.717, 1.165) is 35.2 Å². The van der Waals surface area contributed by atoms with Gasteiger partial charge < -0.3 is 11.1 Å². The highest BCUT2D eigenvalue weighted by molar-refractivity contribution is 6.00. The fourth-order valence-electron chi connectivity index (χ4n) is 3.48. The lowest BCUT2D eigenvalue weighted by atomic mass is 9.98. The third-order valence-electron chi connectivity index (χ3n) is 5.21. The van der Waals surface area contributed by atoms with Gasteiger partial charge in [-0.2, -0.15) is 0 Å². The molecule has 32 heavy (non-hydrogen) atoms. The third kappa shape index (κ3) is 4.84. The van der Waals surface area contributed by atoms with E-state index < -0.39 is 0 Å². The monoisotopic (exact) mass is 424 g/mol. The van der Waals surface area contributed by atoms with Gasteiger partial charge in [-0.25, -0.2) is 9.97 Å². The summed E-state index contributed by atoms with van der Waals surface area (Å²) in [5.74, 6) is -0.0863. The summed E-state index contributed by atoms with van der Waals surface area (Å²) < 4.78 is 0. The standard InChI is InChI=1S/C25H24N6O/c1-27-11-8-17-4-6-18(7-5-17)22-16-30-25(26)24(31-22)23(32)13-20-15-29-12-9-21(20)19-3-2-10-28-14-19/h2-7,9-10,12,14-16,27H,8,11,13H2,1H3,(H2,26,30). The molecule has 0 saturated carbocycles. The Morgan fingerprint density at radius 1 is 0.969 bits per heavy atom. The first-order valence-electron chi connectivity index (χ1n) is 10.4. The number of hydrogen-bond donors (Lipinski definition) is 2. The molecule has 0 saturated heterocycles. The number of carbonyl (C=O) groups is 1. The van der Waals surface area contributed by atoms with Gasteiger partial charge in [0.15, 0.2) is 11.6 Å². The average Bonchev–Trinajstić information content (AvgIpc) is 2.84. The maximum absolute atomic E-state index is 13.1. The molecule has 0 aliphatic rings. The third-order valence-corrected chi connectivity index (χ3v) is 5.21. The number of ketones is 1. The van der Waals surface area contributed by atoms with Crippen molar-refractivity contribution in [2.45, 2.75) is 12.8 Å². The molecule has 3 heterocycles. The Morgan fingerprint density at radius 2 is 1.78 bits per heavy atom. The molecule has 3 N–H and O–H groups in total. The van der Waals surface area contributed by atoms with Crippen LogP contribution in [0.25, 0.3) is 22.4 Å². The molecular formula is C25H24N6O. The Bertz CT molecular complexity index is 1210.